The molecule has 4 rings (SSSR count). The van der Waals surface area contributed by atoms with Gasteiger partial charge in [-0.1, -0.05) is 48.1 Å². The standard InChI is InChI=1S/C21H27IO3/c1-12(23)21(25)9-6-16-18-15(5-8-20(16,21)3)19(2)7-4-14(24)10-13(19)11-17(18)22/h4,7,10,15-18,25H,5-6,8-9,11H2,1-3H3/t15-,16-,17+,18+,19-,20-,21-/m0/s1. The van der Waals surface area contributed by atoms with Gasteiger partial charge in [-0.2, -0.15) is 0 Å². The Morgan fingerprint density at radius 1 is 1.24 bits per heavy atom. The van der Waals surface area contributed by atoms with E-state index in [0.29, 0.717) is 28.1 Å². The van der Waals surface area contributed by atoms with Crippen LogP contribution in [-0.2, 0) is 9.59 Å². The van der Waals surface area contributed by atoms with E-state index in [1.807, 2.05) is 6.08 Å². The minimum absolute atomic E-state index is 0.0431. The number of ketones is 2. The topological polar surface area (TPSA) is 54.4 Å². The van der Waals surface area contributed by atoms with Gasteiger partial charge >= 0.3 is 0 Å². The molecule has 1 N–H and O–H groups in total. The lowest BCUT2D eigenvalue weighted by Gasteiger charge is -2.59. The third-order valence-corrected chi connectivity index (χ3v) is 9.54. The third kappa shape index (κ3) is 2.19. The molecule has 0 aromatic heterocycles. The minimum Gasteiger partial charge on any atom is -0.382 e. The fraction of sp³-hybridized carbons (Fsp3) is 0.714. The van der Waals surface area contributed by atoms with Crippen LogP contribution in [0.2, 0.25) is 0 Å². The molecule has 0 aromatic carbocycles. The molecule has 0 heterocycles. The van der Waals surface area contributed by atoms with E-state index >= 15 is 0 Å². The minimum atomic E-state index is -1.16. The first-order valence-electron chi connectivity index (χ1n) is 9.45. The molecule has 0 aromatic rings. The van der Waals surface area contributed by atoms with Crippen molar-refractivity contribution >= 4 is 34.2 Å². The van der Waals surface area contributed by atoms with Crippen LogP contribution in [0.3, 0.4) is 0 Å². The second kappa shape index (κ2) is 5.51. The SMILES string of the molecule is CC(=O)[C@@]1(O)CC[C@H]2[C@@H]3[C@H](I)CC4=CC(=O)C=C[C@]4(C)[C@H]3CC[C@@]21C. The van der Waals surface area contributed by atoms with Crippen LogP contribution in [0, 0.1) is 28.6 Å². The van der Waals surface area contributed by atoms with Gasteiger partial charge in [0.15, 0.2) is 11.6 Å². The number of carbonyl (C=O) groups excluding carboxylic acids is 2. The molecule has 136 valence electrons. The maximum atomic E-state index is 12.3. The molecule has 4 heteroatoms. The number of aliphatic hydroxyl groups is 1. The zero-order valence-corrected chi connectivity index (χ0v) is 17.4. The van der Waals surface area contributed by atoms with Crippen molar-refractivity contribution in [2.45, 2.75) is 62.4 Å². The van der Waals surface area contributed by atoms with Crippen molar-refractivity contribution < 1.29 is 14.7 Å². The molecule has 0 saturated heterocycles. The highest BCUT2D eigenvalue weighted by Crippen LogP contribution is 2.67. The van der Waals surface area contributed by atoms with Crippen molar-refractivity contribution in [3.8, 4) is 0 Å². The number of hydrogen-bond donors (Lipinski definition) is 1. The van der Waals surface area contributed by atoms with Crippen LogP contribution in [-0.4, -0.2) is 26.2 Å². The number of allylic oxidation sites excluding steroid dienone is 4. The molecule has 0 amide bonds. The Hall–Kier alpha value is -0.490. The predicted molar refractivity (Wildman–Crippen MR) is 105 cm³/mol. The van der Waals surface area contributed by atoms with E-state index in [9.17, 15) is 14.7 Å². The van der Waals surface area contributed by atoms with Gasteiger partial charge in [0.05, 0.1) is 0 Å². The van der Waals surface area contributed by atoms with E-state index < -0.39 is 5.60 Å². The van der Waals surface area contributed by atoms with Crippen LogP contribution >= 0.6 is 22.6 Å². The summed E-state index contributed by atoms with van der Waals surface area (Å²) in [7, 11) is 0. The quantitative estimate of drug-likeness (QED) is 0.481. The van der Waals surface area contributed by atoms with Crippen molar-refractivity contribution in [3.63, 3.8) is 0 Å². The highest BCUT2D eigenvalue weighted by molar-refractivity contribution is 14.1. The second-order valence-corrected chi connectivity index (χ2v) is 10.7. The summed E-state index contributed by atoms with van der Waals surface area (Å²) in [6.45, 7) is 6.00. The summed E-state index contributed by atoms with van der Waals surface area (Å²) in [5.41, 5.74) is -0.230. The smallest absolute Gasteiger partial charge is 0.178 e. The Balaban J connectivity index is 1.76. The molecule has 4 aliphatic rings. The number of rotatable bonds is 1. The molecule has 3 fully saturated rings. The van der Waals surface area contributed by atoms with Crippen molar-refractivity contribution in [1.29, 1.82) is 0 Å². The zero-order valence-electron chi connectivity index (χ0n) is 15.2. The van der Waals surface area contributed by atoms with Gasteiger partial charge in [0.25, 0.3) is 0 Å². The summed E-state index contributed by atoms with van der Waals surface area (Å²) < 4.78 is 0.458. The third-order valence-electron chi connectivity index (χ3n) is 8.27. The van der Waals surface area contributed by atoms with Crippen LogP contribution in [0.1, 0.15) is 52.9 Å². The van der Waals surface area contributed by atoms with Crippen LogP contribution in [0.4, 0.5) is 0 Å². The first-order valence-corrected chi connectivity index (χ1v) is 10.7. The monoisotopic (exact) mass is 454 g/mol. The predicted octanol–water partition coefficient (Wildman–Crippen LogP) is 4.03. The van der Waals surface area contributed by atoms with Crippen molar-refractivity contribution in [2.24, 2.45) is 28.6 Å². The molecule has 3 saturated carbocycles. The van der Waals surface area contributed by atoms with Crippen molar-refractivity contribution in [2.75, 3.05) is 0 Å². The van der Waals surface area contributed by atoms with Crippen LogP contribution < -0.4 is 0 Å². The molecular weight excluding hydrogens is 427 g/mol. The highest BCUT2D eigenvalue weighted by Gasteiger charge is 2.66. The van der Waals surface area contributed by atoms with E-state index in [0.717, 1.165) is 25.7 Å². The molecule has 0 bridgehead atoms. The van der Waals surface area contributed by atoms with Gasteiger partial charge in [0.2, 0.25) is 0 Å². The molecule has 0 radical (unpaired) electrons. The van der Waals surface area contributed by atoms with Gasteiger partial charge in [0.1, 0.15) is 5.60 Å². The number of fused-ring (bicyclic) bond motifs is 5. The Labute approximate surface area is 163 Å². The average Bonchev–Trinajstić information content (AvgIpc) is 2.82. The lowest BCUT2D eigenvalue weighted by molar-refractivity contribution is -0.158. The molecule has 0 unspecified atom stereocenters. The molecule has 25 heavy (non-hydrogen) atoms. The summed E-state index contributed by atoms with van der Waals surface area (Å²) in [4.78, 5) is 24.2. The van der Waals surface area contributed by atoms with E-state index in [-0.39, 0.29) is 22.4 Å². The molecule has 7 atom stereocenters. The van der Waals surface area contributed by atoms with E-state index in [4.69, 9.17) is 0 Å². The Kier molecular flexibility index (Phi) is 3.94. The van der Waals surface area contributed by atoms with Gasteiger partial charge in [0, 0.05) is 14.8 Å². The first kappa shape index (κ1) is 17.9. The fourth-order valence-corrected chi connectivity index (χ4v) is 8.20. The lowest BCUT2D eigenvalue weighted by Crippen LogP contribution is -2.58. The van der Waals surface area contributed by atoms with Crippen molar-refractivity contribution in [3.05, 3.63) is 23.8 Å². The molecule has 4 aliphatic carbocycles. The van der Waals surface area contributed by atoms with Crippen LogP contribution in [0.25, 0.3) is 0 Å². The summed E-state index contributed by atoms with van der Waals surface area (Å²) in [5.74, 6) is 1.42. The molecule has 0 aliphatic heterocycles. The maximum absolute atomic E-state index is 12.3. The number of Topliss-reactive ketones (excluding diaryl/α,β-unsaturated/α-hetero) is 1. The summed E-state index contributed by atoms with van der Waals surface area (Å²) >= 11 is 2.56. The summed E-state index contributed by atoms with van der Waals surface area (Å²) in [6, 6.07) is 0. The van der Waals surface area contributed by atoms with Gasteiger partial charge in [-0.3, -0.25) is 9.59 Å². The van der Waals surface area contributed by atoms with Gasteiger partial charge in [-0.25, -0.2) is 0 Å². The second-order valence-electron chi connectivity index (χ2n) is 9.11. The Morgan fingerprint density at radius 2 is 1.92 bits per heavy atom. The molecule has 3 nitrogen and oxygen atoms in total. The largest absolute Gasteiger partial charge is 0.382 e. The van der Waals surface area contributed by atoms with E-state index in [2.05, 4.69) is 42.5 Å². The maximum Gasteiger partial charge on any atom is 0.178 e. The van der Waals surface area contributed by atoms with Gasteiger partial charge in [-0.15, -0.1) is 0 Å². The summed E-state index contributed by atoms with van der Waals surface area (Å²) in [5, 5.41) is 11.2. The fourth-order valence-electron chi connectivity index (χ4n) is 6.72. The normalized spacial score (nSPS) is 51.4. The number of carbonyl (C=O) groups is 2. The Morgan fingerprint density at radius 3 is 2.60 bits per heavy atom. The molecule has 0 spiro atoms. The van der Waals surface area contributed by atoms with Crippen LogP contribution in [0.15, 0.2) is 23.8 Å². The van der Waals surface area contributed by atoms with Gasteiger partial charge in [-0.05, 0) is 68.9 Å². The lowest BCUT2D eigenvalue weighted by atomic mass is 9.47. The average molecular weight is 454 g/mol. The number of hydrogen-bond acceptors (Lipinski definition) is 3. The summed E-state index contributed by atoms with van der Waals surface area (Å²) in [6.07, 6.45) is 10.1. The van der Waals surface area contributed by atoms with Crippen molar-refractivity contribution in [1.82, 2.24) is 0 Å². The first-order chi connectivity index (χ1) is 11.6. The number of alkyl halides is 1. The highest BCUT2D eigenvalue weighted by atomic mass is 127. The zero-order chi connectivity index (χ0) is 18.2. The number of halogens is 1. The van der Waals surface area contributed by atoms with Gasteiger partial charge < -0.3 is 5.11 Å². The van der Waals surface area contributed by atoms with E-state index in [1.165, 1.54) is 5.57 Å². The van der Waals surface area contributed by atoms with Crippen LogP contribution in [0.5, 0.6) is 0 Å². The molecular formula is C21H27IO3. The Bertz CT molecular complexity index is 710. The van der Waals surface area contributed by atoms with E-state index in [1.54, 1.807) is 13.0 Å².